The summed E-state index contributed by atoms with van der Waals surface area (Å²) >= 11 is 4.40. The van der Waals surface area contributed by atoms with Gasteiger partial charge in [-0.25, -0.2) is 0 Å². The lowest BCUT2D eigenvalue weighted by atomic mass is 9.93. The molecule has 0 N–H and O–H groups in total. The van der Waals surface area contributed by atoms with Gasteiger partial charge in [0.25, 0.3) is 0 Å². The zero-order valence-electron chi connectivity index (χ0n) is 10.2. The Balaban J connectivity index is 2.39. The van der Waals surface area contributed by atoms with Gasteiger partial charge >= 0.3 is 6.18 Å². The Morgan fingerprint density at radius 2 is 2.11 bits per heavy atom. The molecule has 0 aliphatic carbocycles. The highest BCUT2D eigenvalue weighted by Crippen LogP contribution is 2.41. The molecule has 0 amide bonds. The highest BCUT2D eigenvalue weighted by Gasteiger charge is 2.39. The van der Waals surface area contributed by atoms with Crippen LogP contribution in [0.2, 0.25) is 0 Å². The van der Waals surface area contributed by atoms with Gasteiger partial charge in [-0.2, -0.15) is 13.2 Å². The van der Waals surface area contributed by atoms with E-state index in [1.165, 1.54) is 23.9 Å². The van der Waals surface area contributed by atoms with Crippen molar-refractivity contribution < 1.29 is 18.0 Å². The Kier molecular flexibility index (Phi) is 4.02. The van der Waals surface area contributed by atoms with E-state index in [0.29, 0.717) is 6.42 Å². The lowest BCUT2D eigenvalue weighted by Crippen LogP contribution is -2.29. The van der Waals surface area contributed by atoms with Gasteiger partial charge in [0.05, 0.1) is 10.3 Å². The van der Waals surface area contributed by atoms with Gasteiger partial charge in [-0.05, 0) is 37.7 Å². The first-order chi connectivity index (χ1) is 8.74. The molecule has 1 saturated heterocycles. The zero-order valence-corrected chi connectivity index (χ0v) is 12.6. The van der Waals surface area contributed by atoms with Crippen molar-refractivity contribution in [1.29, 1.82) is 0 Å². The monoisotopic (exact) mass is 352 g/mol. The number of alkyl halides is 3. The van der Waals surface area contributed by atoms with Crippen molar-refractivity contribution in [3.8, 4) is 0 Å². The van der Waals surface area contributed by atoms with Crippen molar-refractivity contribution in [2.24, 2.45) is 0 Å². The number of thioether (sulfide) groups is 1. The molecule has 1 unspecified atom stereocenters. The van der Waals surface area contributed by atoms with E-state index in [9.17, 15) is 18.0 Å². The van der Waals surface area contributed by atoms with E-state index in [2.05, 4.69) is 15.9 Å². The van der Waals surface area contributed by atoms with Crippen molar-refractivity contribution in [3.05, 3.63) is 33.8 Å². The molecular formula is C13H12BrF3OS. The third kappa shape index (κ3) is 2.99. The predicted molar refractivity (Wildman–Crippen MR) is 73.6 cm³/mol. The fraction of sp³-hybridized carbons (Fsp3) is 0.462. The lowest BCUT2D eigenvalue weighted by Gasteiger charge is -2.21. The van der Waals surface area contributed by atoms with Crippen LogP contribution in [0.25, 0.3) is 0 Å². The average molecular weight is 353 g/mol. The van der Waals surface area contributed by atoms with Crippen molar-refractivity contribution in [2.75, 3.05) is 5.75 Å². The highest BCUT2D eigenvalue weighted by molar-refractivity contribution is 9.10. The Morgan fingerprint density at radius 3 is 2.63 bits per heavy atom. The molecule has 1 fully saturated rings. The van der Waals surface area contributed by atoms with Gasteiger partial charge in [0.15, 0.2) is 5.78 Å². The normalized spacial score (nSPS) is 23.6. The molecule has 0 radical (unpaired) electrons. The standard InChI is InChI=1S/C13H12BrF3OS/c1-12(5-2-6-19-12)11(18)8-3-4-10(14)9(7-8)13(15,16)17/h3-4,7H,2,5-6H2,1H3. The molecule has 0 aromatic heterocycles. The molecule has 1 atom stereocenters. The van der Waals surface area contributed by atoms with E-state index in [-0.39, 0.29) is 15.8 Å². The quantitative estimate of drug-likeness (QED) is 0.701. The van der Waals surface area contributed by atoms with E-state index in [1.54, 1.807) is 0 Å². The molecule has 2 rings (SSSR count). The molecule has 0 spiro atoms. The van der Waals surface area contributed by atoms with E-state index < -0.39 is 16.5 Å². The maximum absolute atomic E-state index is 12.8. The molecule has 1 aliphatic rings. The first-order valence-corrected chi connectivity index (χ1v) is 7.57. The van der Waals surface area contributed by atoms with Gasteiger partial charge < -0.3 is 0 Å². The maximum atomic E-state index is 12.8. The summed E-state index contributed by atoms with van der Waals surface area (Å²) < 4.78 is 37.8. The summed E-state index contributed by atoms with van der Waals surface area (Å²) in [5.74, 6) is 0.665. The topological polar surface area (TPSA) is 17.1 Å². The van der Waals surface area contributed by atoms with Gasteiger partial charge in [-0.1, -0.05) is 22.0 Å². The molecule has 0 saturated carbocycles. The lowest BCUT2D eigenvalue weighted by molar-refractivity contribution is -0.138. The fourth-order valence-corrected chi connectivity index (χ4v) is 3.90. The van der Waals surface area contributed by atoms with Crippen LogP contribution in [0.1, 0.15) is 35.7 Å². The molecule has 1 heterocycles. The second kappa shape index (κ2) is 5.13. The van der Waals surface area contributed by atoms with Crippen LogP contribution in [0.15, 0.2) is 22.7 Å². The van der Waals surface area contributed by atoms with Crippen LogP contribution in [0.4, 0.5) is 13.2 Å². The SMILES string of the molecule is CC1(C(=O)c2ccc(Br)c(C(F)(F)F)c2)CCCS1. The number of rotatable bonds is 2. The zero-order chi connectivity index (χ0) is 14.3. The van der Waals surface area contributed by atoms with E-state index in [0.717, 1.165) is 18.2 Å². The van der Waals surface area contributed by atoms with E-state index >= 15 is 0 Å². The fourth-order valence-electron chi connectivity index (χ4n) is 2.15. The van der Waals surface area contributed by atoms with Crippen molar-refractivity contribution in [3.63, 3.8) is 0 Å². The summed E-state index contributed by atoms with van der Waals surface area (Å²) in [5, 5.41) is 0. The second-order valence-corrected chi connectivity index (χ2v) is 7.16. The summed E-state index contributed by atoms with van der Waals surface area (Å²) in [5.41, 5.74) is -0.669. The summed E-state index contributed by atoms with van der Waals surface area (Å²) in [7, 11) is 0. The van der Waals surface area contributed by atoms with Gasteiger partial charge in [-0.3, -0.25) is 4.79 Å². The Labute approximate surface area is 122 Å². The molecule has 19 heavy (non-hydrogen) atoms. The van der Waals surface area contributed by atoms with Crippen LogP contribution in [0.5, 0.6) is 0 Å². The maximum Gasteiger partial charge on any atom is 0.417 e. The second-order valence-electron chi connectivity index (χ2n) is 4.70. The minimum absolute atomic E-state index is 0.0409. The number of benzene rings is 1. The largest absolute Gasteiger partial charge is 0.417 e. The molecule has 1 nitrogen and oxygen atoms in total. The van der Waals surface area contributed by atoms with Crippen LogP contribution < -0.4 is 0 Å². The van der Waals surface area contributed by atoms with Crippen LogP contribution in [-0.4, -0.2) is 16.3 Å². The molecule has 1 aromatic carbocycles. The number of halogens is 4. The number of carbonyl (C=O) groups is 1. The van der Waals surface area contributed by atoms with Crippen molar-refractivity contribution in [1.82, 2.24) is 0 Å². The van der Waals surface area contributed by atoms with Crippen LogP contribution in [0, 0.1) is 0 Å². The number of hydrogen-bond donors (Lipinski definition) is 0. The molecule has 6 heteroatoms. The van der Waals surface area contributed by atoms with Gasteiger partial charge in [0.2, 0.25) is 0 Å². The smallest absolute Gasteiger partial charge is 0.293 e. The number of Topliss-reactive ketones (excluding diaryl/α,β-unsaturated/α-hetero) is 1. The molecule has 1 aliphatic heterocycles. The predicted octanol–water partition coefficient (Wildman–Crippen LogP) is 4.94. The number of hydrogen-bond acceptors (Lipinski definition) is 2. The van der Waals surface area contributed by atoms with Crippen LogP contribution in [0.3, 0.4) is 0 Å². The van der Waals surface area contributed by atoms with Crippen molar-refractivity contribution in [2.45, 2.75) is 30.7 Å². The molecular weight excluding hydrogens is 341 g/mol. The van der Waals surface area contributed by atoms with E-state index in [4.69, 9.17) is 0 Å². The minimum Gasteiger partial charge on any atom is -0.293 e. The molecule has 1 aromatic rings. The highest BCUT2D eigenvalue weighted by atomic mass is 79.9. The van der Waals surface area contributed by atoms with Gasteiger partial charge in [-0.15, -0.1) is 11.8 Å². The Hall–Kier alpha value is -0.490. The average Bonchev–Trinajstić information content (AvgIpc) is 2.76. The van der Waals surface area contributed by atoms with Crippen LogP contribution in [-0.2, 0) is 6.18 Å². The van der Waals surface area contributed by atoms with Crippen molar-refractivity contribution >= 4 is 33.5 Å². The van der Waals surface area contributed by atoms with E-state index in [1.807, 2.05) is 6.92 Å². The third-order valence-electron chi connectivity index (χ3n) is 3.23. The number of ketones is 1. The Morgan fingerprint density at radius 1 is 1.42 bits per heavy atom. The van der Waals surface area contributed by atoms with Gasteiger partial charge in [0, 0.05) is 10.0 Å². The summed E-state index contributed by atoms with van der Waals surface area (Å²) in [4.78, 5) is 12.4. The molecule has 0 bridgehead atoms. The summed E-state index contributed by atoms with van der Waals surface area (Å²) in [6.45, 7) is 1.81. The van der Waals surface area contributed by atoms with Gasteiger partial charge in [0.1, 0.15) is 0 Å². The summed E-state index contributed by atoms with van der Waals surface area (Å²) in [6, 6.07) is 3.68. The number of carbonyl (C=O) groups excluding carboxylic acids is 1. The minimum atomic E-state index is -4.46. The molecule has 104 valence electrons. The first-order valence-electron chi connectivity index (χ1n) is 5.79. The Bertz CT molecular complexity index is 507. The first kappa shape index (κ1) is 14.9. The summed E-state index contributed by atoms with van der Waals surface area (Å²) in [6.07, 6.45) is -2.82. The third-order valence-corrected chi connectivity index (χ3v) is 5.44. The van der Waals surface area contributed by atoms with Crippen LogP contribution >= 0.6 is 27.7 Å².